The first-order valence-electron chi connectivity index (χ1n) is 5.74. The fraction of sp³-hybridized carbons (Fsp3) is 0.818. The molecule has 0 aliphatic heterocycles. The molecule has 2 unspecified atom stereocenters. The van der Waals surface area contributed by atoms with Gasteiger partial charge in [-0.15, -0.1) is 0 Å². The number of hydrogen-bond acceptors (Lipinski definition) is 5. The van der Waals surface area contributed by atoms with Crippen LogP contribution < -0.4 is 5.73 Å². The van der Waals surface area contributed by atoms with Crippen molar-refractivity contribution in [2.45, 2.75) is 51.2 Å². The second-order valence-corrected chi connectivity index (χ2v) is 5.78. The van der Waals surface area contributed by atoms with E-state index in [1.807, 2.05) is 25.6 Å². The summed E-state index contributed by atoms with van der Waals surface area (Å²) >= 11 is 1.84. The maximum Gasteiger partial charge on any atom is 0.243 e. The smallest absolute Gasteiger partial charge is 0.243 e. The van der Waals surface area contributed by atoms with Crippen molar-refractivity contribution < 1.29 is 4.52 Å². The average molecular weight is 243 g/mol. The molecule has 0 saturated heterocycles. The molecule has 0 aromatic carbocycles. The van der Waals surface area contributed by atoms with Crippen LogP contribution in [0.4, 0.5) is 0 Å². The molecule has 0 saturated carbocycles. The van der Waals surface area contributed by atoms with Gasteiger partial charge in [0.15, 0.2) is 5.82 Å². The summed E-state index contributed by atoms with van der Waals surface area (Å²) in [5.74, 6) is 2.41. The fourth-order valence-corrected chi connectivity index (χ4v) is 1.87. The largest absolute Gasteiger partial charge is 0.338 e. The van der Waals surface area contributed by atoms with Crippen molar-refractivity contribution in [1.82, 2.24) is 10.1 Å². The fourth-order valence-electron chi connectivity index (χ4n) is 1.08. The van der Waals surface area contributed by atoms with E-state index in [4.69, 9.17) is 10.3 Å². The summed E-state index contributed by atoms with van der Waals surface area (Å²) in [4.78, 5) is 4.31. The zero-order chi connectivity index (χ0) is 12.1. The first-order valence-corrected chi connectivity index (χ1v) is 6.79. The third-order valence-corrected chi connectivity index (χ3v) is 3.89. The van der Waals surface area contributed by atoms with Gasteiger partial charge in [0.25, 0.3) is 0 Å². The highest BCUT2D eigenvalue weighted by Gasteiger charge is 2.18. The van der Waals surface area contributed by atoms with Crippen LogP contribution in [-0.4, -0.2) is 15.4 Å². The first-order chi connectivity index (χ1) is 7.54. The Balaban J connectivity index is 2.51. The van der Waals surface area contributed by atoms with E-state index in [2.05, 4.69) is 24.0 Å². The maximum atomic E-state index is 5.93. The molecule has 1 heterocycles. The zero-order valence-electron chi connectivity index (χ0n) is 10.4. The van der Waals surface area contributed by atoms with Crippen LogP contribution in [0.2, 0.25) is 0 Å². The van der Waals surface area contributed by atoms with Gasteiger partial charge in [-0.25, -0.2) is 0 Å². The molecule has 1 aromatic rings. The van der Waals surface area contributed by atoms with Crippen LogP contribution in [-0.2, 0) is 5.75 Å². The molecule has 5 heteroatoms. The summed E-state index contributed by atoms with van der Waals surface area (Å²) < 4.78 is 5.15. The van der Waals surface area contributed by atoms with E-state index < -0.39 is 0 Å². The van der Waals surface area contributed by atoms with Crippen LogP contribution in [0.1, 0.15) is 51.9 Å². The highest BCUT2D eigenvalue weighted by Crippen LogP contribution is 2.21. The van der Waals surface area contributed by atoms with Crippen LogP contribution in [0.5, 0.6) is 0 Å². The second-order valence-electron chi connectivity index (χ2n) is 4.35. The highest BCUT2D eigenvalue weighted by molar-refractivity contribution is 7.99. The SMILES string of the molecule is CCC(C)SCc1noc(C(N)C(C)C)n1. The molecule has 0 aliphatic carbocycles. The standard InChI is InChI=1S/C11H21N3OS/c1-5-8(4)16-6-9-13-11(15-14-9)10(12)7(2)3/h7-8,10H,5-6,12H2,1-4H3. The number of nitrogens with zero attached hydrogens (tertiary/aromatic N) is 2. The number of nitrogens with two attached hydrogens (primary N) is 1. The van der Waals surface area contributed by atoms with Gasteiger partial charge in [-0.2, -0.15) is 16.7 Å². The molecule has 1 rings (SSSR count). The van der Waals surface area contributed by atoms with Gasteiger partial charge in [0, 0.05) is 5.25 Å². The van der Waals surface area contributed by atoms with Gasteiger partial charge in [0.2, 0.25) is 5.89 Å². The van der Waals surface area contributed by atoms with Crippen molar-refractivity contribution in [3.8, 4) is 0 Å². The van der Waals surface area contributed by atoms with Crippen molar-refractivity contribution in [1.29, 1.82) is 0 Å². The summed E-state index contributed by atoms with van der Waals surface area (Å²) in [6.45, 7) is 8.46. The van der Waals surface area contributed by atoms with Crippen LogP contribution in [0, 0.1) is 5.92 Å². The zero-order valence-corrected chi connectivity index (χ0v) is 11.3. The van der Waals surface area contributed by atoms with Crippen LogP contribution >= 0.6 is 11.8 Å². The van der Waals surface area contributed by atoms with Gasteiger partial charge in [-0.05, 0) is 12.3 Å². The summed E-state index contributed by atoms with van der Waals surface area (Å²) in [7, 11) is 0. The lowest BCUT2D eigenvalue weighted by molar-refractivity contribution is 0.323. The summed E-state index contributed by atoms with van der Waals surface area (Å²) in [5, 5.41) is 4.56. The van der Waals surface area contributed by atoms with Crippen molar-refractivity contribution >= 4 is 11.8 Å². The van der Waals surface area contributed by atoms with Crippen molar-refractivity contribution in [2.75, 3.05) is 0 Å². The Bertz CT molecular complexity index is 314. The van der Waals surface area contributed by atoms with Gasteiger partial charge < -0.3 is 10.3 Å². The van der Waals surface area contributed by atoms with E-state index in [9.17, 15) is 0 Å². The minimum Gasteiger partial charge on any atom is -0.338 e. The van der Waals surface area contributed by atoms with Gasteiger partial charge in [-0.1, -0.05) is 32.9 Å². The summed E-state index contributed by atoms with van der Waals surface area (Å²) in [6.07, 6.45) is 1.15. The molecule has 4 nitrogen and oxygen atoms in total. The Labute approximate surface area is 101 Å². The van der Waals surface area contributed by atoms with E-state index in [0.717, 1.165) is 18.0 Å². The number of rotatable bonds is 6. The molecule has 16 heavy (non-hydrogen) atoms. The van der Waals surface area contributed by atoms with Crippen LogP contribution in [0.25, 0.3) is 0 Å². The minimum atomic E-state index is -0.158. The van der Waals surface area contributed by atoms with Crippen molar-refractivity contribution in [3.63, 3.8) is 0 Å². The molecule has 0 bridgehead atoms. The van der Waals surface area contributed by atoms with Gasteiger partial charge >= 0.3 is 0 Å². The molecule has 2 atom stereocenters. The molecule has 0 fully saturated rings. The lowest BCUT2D eigenvalue weighted by atomic mass is 10.1. The molecule has 92 valence electrons. The molecular weight excluding hydrogens is 222 g/mol. The predicted molar refractivity (Wildman–Crippen MR) is 67.1 cm³/mol. The molecule has 0 spiro atoms. The highest BCUT2D eigenvalue weighted by atomic mass is 32.2. The molecule has 0 radical (unpaired) electrons. The molecule has 0 amide bonds. The molecule has 2 N–H and O–H groups in total. The third-order valence-electron chi connectivity index (χ3n) is 2.56. The van der Waals surface area contributed by atoms with Crippen molar-refractivity contribution in [2.24, 2.45) is 11.7 Å². The van der Waals surface area contributed by atoms with Gasteiger partial charge in [0.1, 0.15) is 0 Å². The molecule has 0 aliphatic rings. The van der Waals surface area contributed by atoms with Gasteiger partial charge in [-0.3, -0.25) is 0 Å². The topological polar surface area (TPSA) is 64.9 Å². The average Bonchev–Trinajstić information content (AvgIpc) is 2.73. The monoisotopic (exact) mass is 243 g/mol. The Morgan fingerprint density at radius 3 is 2.62 bits per heavy atom. The van der Waals surface area contributed by atoms with Crippen LogP contribution in [0.3, 0.4) is 0 Å². The van der Waals surface area contributed by atoms with E-state index in [1.165, 1.54) is 0 Å². The molecular formula is C11H21N3OS. The number of aromatic nitrogens is 2. The maximum absolute atomic E-state index is 5.93. The number of hydrogen-bond donors (Lipinski definition) is 1. The Hall–Kier alpha value is -0.550. The van der Waals surface area contributed by atoms with E-state index in [1.54, 1.807) is 0 Å². The summed E-state index contributed by atoms with van der Waals surface area (Å²) in [5.41, 5.74) is 5.93. The van der Waals surface area contributed by atoms with Crippen molar-refractivity contribution in [3.05, 3.63) is 11.7 Å². The lowest BCUT2D eigenvalue weighted by Crippen LogP contribution is -2.17. The second kappa shape index (κ2) is 6.25. The van der Waals surface area contributed by atoms with Crippen LogP contribution in [0.15, 0.2) is 4.52 Å². The van der Waals surface area contributed by atoms with E-state index in [0.29, 0.717) is 17.1 Å². The van der Waals surface area contributed by atoms with Gasteiger partial charge in [0.05, 0.1) is 11.8 Å². The first kappa shape index (κ1) is 13.5. The van der Waals surface area contributed by atoms with E-state index in [-0.39, 0.29) is 6.04 Å². The minimum absolute atomic E-state index is 0.158. The lowest BCUT2D eigenvalue weighted by Gasteiger charge is -2.09. The summed E-state index contributed by atoms with van der Waals surface area (Å²) in [6, 6.07) is -0.158. The van der Waals surface area contributed by atoms with E-state index >= 15 is 0 Å². The Morgan fingerprint density at radius 2 is 2.06 bits per heavy atom. The molecule has 1 aromatic heterocycles. The quantitative estimate of drug-likeness (QED) is 0.832. The Kier molecular flexibility index (Phi) is 5.28. The third kappa shape index (κ3) is 3.79. The Morgan fingerprint density at radius 1 is 1.38 bits per heavy atom. The number of thioether (sulfide) groups is 1. The predicted octanol–water partition coefficient (Wildman–Crippen LogP) is 2.76. The normalized spacial score (nSPS) is 15.4.